The second kappa shape index (κ2) is 8.06. The van der Waals surface area contributed by atoms with E-state index in [-0.39, 0.29) is 29.7 Å². The lowest BCUT2D eigenvalue weighted by molar-refractivity contribution is -0.168. The number of H-pyrrole nitrogens is 1. The van der Waals surface area contributed by atoms with Gasteiger partial charge in [0, 0.05) is 11.9 Å². The first-order chi connectivity index (χ1) is 15.5. The van der Waals surface area contributed by atoms with Crippen molar-refractivity contribution in [2.24, 2.45) is 5.41 Å². The largest absolute Gasteiger partial charge is 0.405 e. The number of alkyl halides is 5. The number of aromatic nitrogens is 3. The van der Waals surface area contributed by atoms with Gasteiger partial charge in [0.2, 0.25) is 0 Å². The van der Waals surface area contributed by atoms with Crippen LogP contribution in [0.5, 0.6) is 0 Å². The molecule has 2 heterocycles. The summed E-state index contributed by atoms with van der Waals surface area (Å²) in [5.41, 5.74) is -3.58. The first-order valence-electron chi connectivity index (χ1n) is 9.50. The Labute approximate surface area is 181 Å². The fourth-order valence-corrected chi connectivity index (χ4v) is 3.26. The SMILES string of the molecule is O=c1nc(N(CC(F)F)c2ccnc(C#CC3(C(F)(F)F)CC3)c2)c2c(F)c(F)ccc2[nH]1. The van der Waals surface area contributed by atoms with Gasteiger partial charge >= 0.3 is 11.9 Å². The van der Waals surface area contributed by atoms with Crippen LogP contribution in [0.15, 0.2) is 35.3 Å². The number of aromatic amines is 1. The van der Waals surface area contributed by atoms with E-state index in [0.29, 0.717) is 0 Å². The van der Waals surface area contributed by atoms with Crippen molar-refractivity contribution >= 4 is 22.4 Å². The Hall–Kier alpha value is -3.62. The van der Waals surface area contributed by atoms with Crippen LogP contribution in [0.3, 0.4) is 0 Å². The standard InChI is InChI=1S/C21H13F7N4O/c22-13-1-2-14-16(17(13)25)18(31-19(33)30-14)32(10-15(23)24)12-4-8-29-11(9-12)3-5-20(6-7-20)21(26,27)28/h1-2,4,8-9,15H,6-7,10H2,(H,30,31,33). The molecule has 12 heteroatoms. The molecular formula is C21H13F7N4O. The van der Waals surface area contributed by atoms with E-state index in [4.69, 9.17) is 0 Å². The van der Waals surface area contributed by atoms with Gasteiger partial charge in [0.15, 0.2) is 17.5 Å². The van der Waals surface area contributed by atoms with Crippen LogP contribution in [0.2, 0.25) is 0 Å². The molecule has 0 radical (unpaired) electrons. The Kier molecular flexibility index (Phi) is 5.51. The van der Waals surface area contributed by atoms with Crippen molar-refractivity contribution in [2.45, 2.75) is 25.4 Å². The molecular weight excluding hydrogens is 457 g/mol. The van der Waals surface area contributed by atoms with Crippen LogP contribution < -0.4 is 10.6 Å². The van der Waals surface area contributed by atoms with Gasteiger partial charge in [-0.1, -0.05) is 5.92 Å². The minimum atomic E-state index is -4.52. The van der Waals surface area contributed by atoms with E-state index >= 15 is 0 Å². The highest BCUT2D eigenvalue weighted by molar-refractivity contribution is 5.92. The normalized spacial score (nSPS) is 14.8. The average Bonchev–Trinajstić information content (AvgIpc) is 3.54. The Morgan fingerprint density at radius 2 is 1.91 bits per heavy atom. The molecule has 33 heavy (non-hydrogen) atoms. The van der Waals surface area contributed by atoms with Crippen molar-refractivity contribution in [1.29, 1.82) is 0 Å². The molecule has 0 saturated heterocycles. The minimum Gasteiger partial charge on any atom is -0.320 e. The molecule has 2 aromatic heterocycles. The number of hydrogen-bond acceptors (Lipinski definition) is 4. The van der Waals surface area contributed by atoms with E-state index in [0.717, 1.165) is 29.3 Å². The molecule has 1 aliphatic rings. The maximum absolute atomic E-state index is 14.6. The van der Waals surface area contributed by atoms with Crippen LogP contribution in [0, 0.1) is 28.9 Å². The summed E-state index contributed by atoms with van der Waals surface area (Å²) in [5.74, 6) is 1.15. The minimum absolute atomic E-state index is 0.102. The lowest BCUT2D eigenvalue weighted by Gasteiger charge is -2.24. The van der Waals surface area contributed by atoms with Gasteiger partial charge in [0.1, 0.15) is 11.1 Å². The Morgan fingerprint density at radius 3 is 2.55 bits per heavy atom. The zero-order chi connectivity index (χ0) is 24.0. The van der Waals surface area contributed by atoms with Crippen molar-refractivity contribution < 1.29 is 30.7 Å². The fourth-order valence-electron chi connectivity index (χ4n) is 3.26. The van der Waals surface area contributed by atoms with E-state index < -0.39 is 53.1 Å². The summed E-state index contributed by atoms with van der Waals surface area (Å²) in [6.07, 6.45) is -6.73. The molecule has 0 spiro atoms. The Morgan fingerprint density at radius 1 is 1.18 bits per heavy atom. The quantitative estimate of drug-likeness (QED) is 0.444. The molecule has 5 nitrogen and oxygen atoms in total. The summed E-state index contributed by atoms with van der Waals surface area (Å²) in [6.45, 7) is -1.08. The van der Waals surface area contributed by atoms with Crippen LogP contribution in [-0.4, -0.2) is 34.1 Å². The number of fused-ring (bicyclic) bond motifs is 1. The number of hydrogen-bond donors (Lipinski definition) is 1. The van der Waals surface area contributed by atoms with Crippen LogP contribution >= 0.6 is 0 Å². The molecule has 0 bridgehead atoms. The van der Waals surface area contributed by atoms with Gasteiger partial charge in [-0.15, -0.1) is 0 Å². The topological polar surface area (TPSA) is 61.9 Å². The molecule has 1 aliphatic carbocycles. The van der Waals surface area contributed by atoms with E-state index in [1.54, 1.807) is 0 Å². The predicted octanol–water partition coefficient (Wildman–Crippen LogP) is 4.69. The van der Waals surface area contributed by atoms with Gasteiger partial charge in [-0.25, -0.2) is 27.3 Å². The molecule has 0 atom stereocenters. The number of rotatable bonds is 4. The molecule has 4 rings (SSSR count). The number of benzene rings is 1. The molecule has 1 N–H and O–H groups in total. The molecule has 0 amide bonds. The van der Waals surface area contributed by atoms with Crippen LogP contribution in [0.1, 0.15) is 18.5 Å². The first-order valence-corrected chi connectivity index (χ1v) is 9.50. The van der Waals surface area contributed by atoms with E-state index in [1.807, 2.05) is 0 Å². The lowest BCUT2D eigenvalue weighted by atomic mass is 10.1. The van der Waals surface area contributed by atoms with Gasteiger partial charge < -0.3 is 9.88 Å². The second-order valence-corrected chi connectivity index (χ2v) is 7.38. The lowest BCUT2D eigenvalue weighted by Crippen LogP contribution is -2.28. The summed E-state index contributed by atoms with van der Waals surface area (Å²) in [7, 11) is 0. The molecule has 0 aliphatic heterocycles. The van der Waals surface area contributed by atoms with Crippen molar-refractivity contribution in [3.63, 3.8) is 0 Å². The summed E-state index contributed by atoms with van der Waals surface area (Å²) in [4.78, 5) is 22.3. The maximum atomic E-state index is 14.6. The molecule has 3 aromatic rings. The third kappa shape index (κ3) is 4.35. The highest BCUT2D eigenvalue weighted by Crippen LogP contribution is 2.57. The van der Waals surface area contributed by atoms with Crippen molar-refractivity contribution in [3.8, 4) is 11.8 Å². The number of pyridine rings is 1. The van der Waals surface area contributed by atoms with Gasteiger partial charge in [0.05, 0.1) is 17.4 Å². The average molecular weight is 470 g/mol. The van der Waals surface area contributed by atoms with E-state index in [1.165, 1.54) is 6.07 Å². The highest BCUT2D eigenvalue weighted by Gasteiger charge is 2.62. The van der Waals surface area contributed by atoms with Gasteiger partial charge in [-0.2, -0.15) is 18.2 Å². The number of nitrogens with zero attached hydrogens (tertiary/aromatic N) is 3. The zero-order valence-electron chi connectivity index (χ0n) is 16.5. The molecule has 1 saturated carbocycles. The number of halogens is 7. The number of anilines is 2. The van der Waals surface area contributed by atoms with Crippen LogP contribution in [-0.2, 0) is 0 Å². The smallest absolute Gasteiger partial charge is 0.320 e. The first kappa shape index (κ1) is 22.6. The van der Waals surface area contributed by atoms with Gasteiger partial charge in [-0.05, 0) is 43.0 Å². The third-order valence-electron chi connectivity index (χ3n) is 5.12. The van der Waals surface area contributed by atoms with Gasteiger partial charge in [0.25, 0.3) is 6.43 Å². The summed E-state index contributed by atoms with van der Waals surface area (Å²) < 4.78 is 94.5. The summed E-state index contributed by atoms with van der Waals surface area (Å²) in [6, 6.07) is 4.11. The summed E-state index contributed by atoms with van der Waals surface area (Å²) >= 11 is 0. The molecule has 1 aromatic carbocycles. The molecule has 172 valence electrons. The predicted molar refractivity (Wildman–Crippen MR) is 104 cm³/mol. The Bertz CT molecular complexity index is 1340. The monoisotopic (exact) mass is 470 g/mol. The third-order valence-corrected chi connectivity index (χ3v) is 5.12. The van der Waals surface area contributed by atoms with Crippen molar-refractivity contribution in [1.82, 2.24) is 15.0 Å². The summed E-state index contributed by atoms with van der Waals surface area (Å²) in [5, 5.41) is -0.547. The van der Waals surface area contributed by atoms with Crippen LogP contribution in [0.4, 0.5) is 42.2 Å². The maximum Gasteiger partial charge on any atom is 0.405 e. The second-order valence-electron chi connectivity index (χ2n) is 7.38. The van der Waals surface area contributed by atoms with Gasteiger partial charge in [-0.3, -0.25) is 0 Å². The fraction of sp³-hybridized carbons (Fsp3) is 0.286. The molecule has 1 fully saturated rings. The van der Waals surface area contributed by atoms with E-state index in [9.17, 15) is 35.5 Å². The Balaban J connectivity index is 1.84. The van der Waals surface area contributed by atoms with Crippen LogP contribution in [0.25, 0.3) is 10.9 Å². The van der Waals surface area contributed by atoms with E-state index in [2.05, 4.69) is 26.8 Å². The molecule has 0 unspecified atom stereocenters. The van der Waals surface area contributed by atoms with Crippen molar-refractivity contribution in [2.75, 3.05) is 11.4 Å². The number of nitrogens with one attached hydrogen (secondary N) is 1. The van der Waals surface area contributed by atoms with Crippen molar-refractivity contribution in [3.05, 3.63) is 58.3 Å². The zero-order valence-corrected chi connectivity index (χ0v) is 16.5. The highest BCUT2D eigenvalue weighted by atomic mass is 19.4.